The van der Waals surface area contributed by atoms with Gasteiger partial charge in [0, 0.05) is 0 Å². The molecule has 1 nitrogen and oxygen atoms in total. The third kappa shape index (κ3) is 1.22. The van der Waals surface area contributed by atoms with E-state index in [0.29, 0.717) is 6.10 Å². The van der Waals surface area contributed by atoms with E-state index in [0.717, 1.165) is 6.42 Å². The van der Waals surface area contributed by atoms with Crippen molar-refractivity contribution in [1.29, 1.82) is 0 Å². The Morgan fingerprint density at radius 2 is 2.25 bits per heavy atom. The Morgan fingerprint density at radius 1 is 1.50 bits per heavy atom. The van der Waals surface area contributed by atoms with Crippen molar-refractivity contribution in [3.8, 4) is 0 Å². The molecule has 0 aromatic heterocycles. The SMILES string of the molecule is CCCC1O[C]1CC. The topological polar surface area (TPSA) is 12.5 Å². The highest BCUT2D eigenvalue weighted by molar-refractivity contribution is 5.01. The Kier molecular flexibility index (Phi) is 1.90. The average molecular weight is 113 g/mol. The Hall–Kier alpha value is -0.0400. The maximum atomic E-state index is 5.22. The van der Waals surface area contributed by atoms with E-state index in [1.54, 1.807) is 0 Å². The van der Waals surface area contributed by atoms with Crippen LogP contribution in [0.1, 0.15) is 33.1 Å². The zero-order valence-corrected chi connectivity index (χ0v) is 5.61. The fraction of sp³-hybridized carbons (Fsp3) is 0.857. The first-order valence-corrected chi connectivity index (χ1v) is 3.40. The fourth-order valence-corrected chi connectivity index (χ4v) is 0.942. The summed E-state index contributed by atoms with van der Waals surface area (Å²) in [5.74, 6) is 0. The molecule has 47 valence electrons. The first-order chi connectivity index (χ1) is 3.88. The molecule has 8 heavy (non-hydrogen) atoms. The molecular formula is C7H13O. The van der Waals surface area contributed by atoms with Crippen molar-refractivity contribution in [2.24, 2.45) is 0 Å². The second-order valence-corrected chi connectivity index (χ2v) is 2.22. The number of hydrogen-bond acceptors (Lipinski definition) is 1. The van der Waals surface area contributed by atoms with Gasteiger partial charge in [0.1, 0.15) is 6.10 Å². The molecule has 0 bridgehead atoms. The van der Waals surface area contributed by atoms with E-state index in [9.17, 15) is 0 Å². The summed E-state index contributed by atoms with van der Waals surface area (Å²) in [7, 11) is 0. The number of hydrogen-bond donors (Lipinski definition) is 0. The number of rotatable bonds is 3. The molecule has 1 aliphatic rings. The maximum Gasteiger partial charge on any atom is 0.126 e. The molecule has 1 radical (unpaired) electrons. The van der Waals surface area contributed by atoms with Gasteiger partial charge in [-0.05, 0) is 12.8 Å². The molecule has 1 heteroatoms. The lowest BCUT2D eigenvalue weighted by Gasteiger charge is -1.83. The van der Waals surface area contributed by atoms with Crippen molar-refractivity contribution >= 4 is 0 Å². The van der Waals surface area contributed by atoms with Gasteiger partial charge in [0.2, 0.25) is 0 Å². The van der Waals surface area contributed by atoms with Crippen LogP contribution in [0.25, 0.3) is 0 Å². The second-order valence-electron chi connectivity index (χ2n) is 2.22. The molecule has 1 rings (SSSR count). The lowest BCUT2D eigenvalue weighted by atomic mass is 10.2. The third-order valence-electron chi connectivity index (χ3n) is 1.49. The first-order valence-electron chi connectivity index (χ1n) is 3.40. The summed E-state index contributed by atoms with van der Waals surface area (Å²) in [6, 6.07) is 0. The molecule has 1 unspecified atom stereocenters. The Labute approximate surface area is 51.0 Å². The van der Waals surface area contributed by atoms with Gasteiger partial charge >= 0.3 is 0 Å². The van der Waals surface area contributed by atoms with Gasteiger partial charge in [-0.2, -0.15) is 0 Å². The van der Waals surface area contributed by atoms with Crippen LogP contribution < -0.4 is 0 Å². The third-order valence-corrected chi connectivity index (χ3v) is 1.49. The minimum atomic E-state index is 0.546. The summed E-state index contributed by atoms with van der Waals surface area (Å²) in [6.45, 7) is 4.33. The highest BCUT2D eigenvalue weighted by Gasteiger charge is 2.36. The molecular weight excluding hydrogens is 100 g/mol. The highest BCUT2D eigenvalue weighted by atomic mass is 16.6. The van der Waals surface area contributed by atoms with E-state index in [1.165, 1.54) is 18.9 Å². The molecule has 1 aliphatic heterocycles. The minimum absolute atomic E-state index is 0.546. The van der Waals surface area contributed by atoms with Crippen LogP contribution in [0, 0.1) is 6.10 Å². The summed E-state index contributed by atoms with van der Waals surface area (Å²) >= 11 is 0. The molecule has 0 saturated carbocycles. The number of ether oxygens (including phenoxy) is 1. The second kappa shape index (κ2) is 2.49. The van der Waals surface area contributed by atoms with E-state index < -0.39 is 0 Å². The van der Waals surface area contributed by atoms with E-state index in [-0.39, 0.29) is 0 Å². The molecule has 1 atom stereocenters. The van der Waals surface area contributed by atoms with E-state index in [2.05, 4.69) is 13.8 Å². The normalized spacial score (nSPS) is 28.5. The van der Waals surface area contributed by atoms with Crippen LogP contribution >= 0.6 is 0 Å². The summed E-state index contributed by atoms with van der Waals surface area (Å²) in [5, 5.41) is 0. The van der Waals surface area contributed by atoms with Crippen LogP contribution in [0.15, 0.2) is 0 Å². The van der Waals surface area contributed by atoms with Gasteiger partial charge in [0.05, 0.1) is 6.10 Å². The van der Waals surface area contributed by atoms with E-state index >= 15 is 0 Å². The van der Waals surface area contributed by atoms with Crippen molar-refractivity contribution in [1.82, 2.24) is 0 Å². The summed E-state index contributed by atoms with van der Waals surface area (Å²) < 4.78 is 5.22. The van der Waals surface area contributed by atoms with E-state index in [1.807, 2.05) is 0 Å². The molecule has 0 amide bonds. The predicted molar refractivity (Wildman–Crippen MR) is 33.3 cm³/mol. The van der Waals surface area contributed by atoms with Gasteiger partial charge < -0.3 is 4.74 Å². The summed E-state index contributed by atoms with van der Waals surface area (Å²) in [4.78, 5) is 0. The predicted octanol–water partition coefficient (Wildman–Crippen LogP) is 2.13. The lowest BCUT2D eigenvalue weighted by Crippen LogP contribution is -1.83. The van der Waals surface area contributed by atoms with E-state index in [4.69, 9.17) is 4.74 Å². The number of epoxide rings is 1. The van der Waals surface area contributed by atoms with Gasteiger partial charge in [-0.3, -0.25) is 0 Å². The molecule has 0 N–H and O–H groups in total. The molecule has 0 aromatic carbocycles. The molecule has 1 saturated heterocycles. The zero-order chi connectivity index (χ0) is 5.98. The molecule has 1 fully saturated rings. The van der Waals surface area contributed by atoms with Crippen LogP contribution in [0.4, 0.5) is 0 Å². The maximum absolute atomic E-state index is 5.22. The van der Waals surface area contributed by atoms with Crippen LogP contribution in [0.3, 0.4) is 0 Å². The van der Waals surface area contributed by atoms with Gasteiger partial charge in [-0.15, -0.1) is 0 Å². The van der Waals surface area contributed by atoms with Crippen molar-refractivity contribution in [3.63, 3.8) is 0 Å². The molecule has 0 spiro atoms. The average Bonchev–Trinajstić information content (AvgIpc) is 2.48. The van der Waals surface area contributed by atoms with Gasteiger partial charge in [0.25, 0.3) is 0 Å². The Balaban J connectivity index is 1.99. The fourth-order valence-electron chi connectivity index (χ4n) is 0.942. The van der Waals surface area contributed by atoms with Crippen molar-refractivity contribution in [3.05, 3.63) is 6.10 Å². The molecule has 0 aliphatic carbocycles. The van der Waals surface area contributed by atoms with Gasteiger partial charge in [-0.25, -0.2) is 0 Å². The van der Waals surface area contributed by atoms with Gasteiger partial charge in [0.15, 0.2) is 0 Å². The molecule has 0 aromatic rings. The first kappa shape index (κ1) is 6.09. The van der Waals surface area contributed by atoms with Crippen LogP contribution in [0.5, 0.6) is 0 Å². The van der Waals surface area contributed by atoms with Crippen LogP contribution in [-0.2, 0) is 4.74 Å². The zero-order valence-electron chi connectivity index (χ0n) is 5.61. The Morgan fingerprint density at radius 3 is 2.62 bits per heavy atom. The smallest absolute Gasteiger partial charge is 0.126 e. The highest BCUT2D eigenvalue weighted by Crippen LogP contribution is 2.36. The van der Waals surface area contributed by atoms with Crippen LogP contribution in [0.2, 0.25) is 0 Å². The standard InChI is InChI=1S/C7H13O/c1-3-5-7-6(4-2)8-7/h7H,3-5H2,1-2H3. The largest absolute Gasteiger partial charge is 0.363 e. The lowest BCUT2D eigenvalue weighted by molar-refractivity contribution is 0.390. The quantitative estimate of drug-likeness (QED) is 0.511. The van der Waals surface area contributed by atoms with Crippen molar-refractivity contribution < 1.29 is 4.74 Å². The Bertz CT molecular complexity index is 70.8. The summed E-state index contributed by atoms with van der Waals surface area (Å²) in [5.41, 5.74) is 0. The monoisotopic (exact) mass is 113 g/mol. The van der Waals surface area contributed by atoms with Crippen molar-refractivity contribution in [2.45, 2.75) is 39.2 Å². The molecule has 1 heterocycles. The minimum Gasteiger partial charge on any atom is -0.363 e. The summed E-state index contributed by atoms with van der Waals surface area (Å²) in [6.07, 6.45) is 5.44. The van der Waals surface area contributed by atoms with Gasteiger partial charge in [-0.1, -0.05) is 20.3 Å². The van der Waals surface area contributed by atoms with Crippen molar-refractivity contribution in [2.75, 3.05) is 0 Å². The van der Waals surface area contributed by atoms with Crippen LogP contribution in [-0.4, -0.2) is 6.10 Å².